The van der Waals surface area contributed by atoms with Gasteiger partial charge in [0, 0.05) is 18.3 Å². The SMILES string of the molecule is CC(C)(C)OCCOc1ccc(C(=O)NCC2CN(c3ccc4c(c3)OCO4)C(=O)O2)cn1. The molecule has 0 radical (unpaired) electrons. The third kappa shape index (κ3) is 5.83. The molecule has 0 spiro atoms. The normalized spacial score (nSPS) is 17.1. The first kappa shape index (κ1) is 22.7. The largest absolute Gasteiger partial charge is 0.475 e. The molecule has 0 bridgehead atoms. The summed E-state index contributed by atoms with van der Waals surface area (Å²) in [5, 5.41) is 2.78. The van der Waals surface area contributed by atoms with Gasteiger partial charge in [0.2, 0.25) is 12.7 Å². The molecule has 2 aromatic rings. The molecule has 1 N–H and O–H groups in total. The molecule has 1 aromatic carbocycles. The van der Waals surface area contributed by atoms with Crippen LogP contribution in [0.15, 0.2) is 36.5 Å². The second kappa shape index (κ2) is 9.53. The van der Waals surface area contributed by atoms with Crippen LogP contribution in [0.4, 0.5) is 10.5 Å². The summed E-state index contributed by atoms with van der Waals surface area (Å²) in [6.45, 7) is 7.36. The van der Waals surface area contributed by atoms with Crippen LogP contribution in [0.3, 0.4) is 0 Å². The van der Waals surface area contributed by atoms with Gasteiger partial charge in [0.1, 0.15) is 12.7 Å². The number of aromatic nitrogens is 1. The van der Waals surface area contributed by atoms with Crippen molar-refractivity contribution in [2.45, 2.75) is 32.5 Å². The zero-order valence-electron chi connectivity index (χ0n) is 18.8. The predicted octanol–water partition coefficient (Wildman–Crippen LogP) is 2.76. The van der Waals surface area contributed by atoms with Crippen molar-refractivity contribution in [2.75, 3.05) is 38.0 Å². The van der Waals surface area contributed by atoms with Gasteiger partial charge in [-0.2, -0.15) is 0 Å². The van der Waals surface area contributed by atoms with E-state index in [1.165, 1.54) is 11.1 Å². The summed E-state index contributed by atoms with van der Waals surface area (Å²) in [5.41, 5.74) is 0.796. The van der Waals surface area contributed by atoms with Gasteiger partial charge in [-0.15, -0.1) is 0 Å². The Morgan fingerprint density at radius 1 is 1.18 bits per heavy atom. The topological polar surface area (TPSA) is 108 Å². The Balaban J connectivity index is 1.24. The summed E-state index contributed by atoms with van der Waals surface area (Å²) < 4.78 is 27.1. The molecule has 3 heterocycles. The summed E-state index contributed by atoms with van der Waals surface area (Å²) in [7, 11) is 0. The van der Waals surface area contributed by atoms with Crippen molar-refractivity contribution in [2.24, 2.45) is 0 Å². The van der Waals surface area contributed by atoms with Crippen LogP contribution >= 0.6 is 0 Å². The first-order valence-corrected chi connectivity index (χ1v) is 10.7. The first-order valence-electron chi connectivity index (χ1n) is 10.7. The summed E-state index contributed by atoms with van der Waals surface area (Å²) in [6.07, 6.45) is 0.478. The van der Waals surface area contributed by atoms with Gasteiger partial charge < -0.3 is 29.0 Å². The van der Waals surface area contributed by atoms with Crippen molar-refractivity contribution in [1.29, 1.82) is 0 Å². The van der Waals surface area contributed by atoms with E-state index in [2.05, 4.69) is 10.3 Å². The average molecular weight is 457 g/mol. The Labute approximate surface area is 191 Å². The molecule has 10 heteroatoms. The van der Waals surface area contributed by atoms with Gasteiger partial charge in [0.25, 0.3) is 5.91 Å². The maximum absolute atomic E-state index is 12.4. The van der Waals surface area contributed by atoms with E-state index in [0.29, 0.717) is 48.4 Å². The van der Waals surface area contributed by atoms with E-state index in [4.69, 9.17) is 23.7 Å². The maximum Gasteiger partial charge on any atom is 0.414 e. The van der Waals surface area contributed by atoms with E-state index in [-0.39, 0.29) is 24.8 Å². The van der Waals surface area contributed by atoms with Crippen LogP contribution < -0.4 is 24.4 Å². The average Bonchev–Trinajstić information content (AvgIpc) is 3.40. The molecule has 0 aliphatic carbocycles. The number of carbonyl (C=O) groups is 2. The molecular formula is C23H27N3O7. The lowest BCUT2D eigenvalue weighted by molar-refractivity contribution is -0.0168. The molecule has 10 nitrogen and oxygen atoms in total. The number of anilines is 1. The number of ether oxygens (including phenoxy) is 5. The first-order chi connectivity index (χ1) is 15.8. The van der Waals surface area contributed by atoms with Gasteiger partial charge in [-0.1, -0.05) is 0 Å². The van der Waals surface area contributed by atoms with Gasteiger partial charge in [0.05, 0.1) is 36.5 Å². The van der Waals surface area contributed by atoms with E-state index in [0.717, 1.165) is 0 Å². The summed E-state index contributed by atoms with van der Waals surface area (Å²) >= 11 is 0. The Morgan fingerprint density at radius 2 is 2.00 bits per heavy atom. The maximum atomic E-state index is 12.4. The number of rotatable bonds is 8. The van der Waals surface area contributed by atoms with E-state index >= 15 is 0 Å². The van der Waals surface area contributed by atoms with Gasteiger partial charge in [-0.3, -0.25) is 9.69 Å². The van der Waals surface area contributed by atoms with E-state index in [1.807, 2.05) is 20.8 Å². The lowest BCUT2D eigenvalue weighted by Gasteiger charge is -2.19. The van der Waals surface area contributed by atoms with Crippen LogP contribution in [0.5, 0.6) is 17.4 Å². The summed E-state index contributed by atoms with van der Waals surface area (Å²) in [6, 6.07) is 8.50. The molecule has 1 aromatic heterocycles. The number of pyridine rings is 1. The second-order valence-electron chi connectivity index (χ2n) is 8.56. The molecule has 1 atom stereocenters. The third-order valence-electron chi connectivity index (χ3n) is 4.90. The van der Waals surface area contributed by atoms with Gasteiger partial charge in [-0.05, 0) is 39.0 Å². The fourth-order valence-corrected chi connectivity index (χ4v) is 3.29. The smallest absolute Gasteiger partial charge is 0.414 e. The molecule has 1 fully saturated rings. The zero-order valence-corrected chi connectivity index (χ0v) is 18.8. The van der Waals surface area contributed by atoms with Gasteiger partial charge in [-0.25, -0.2) is 9.78 Å². The molecule has 1 saturated heterocycles. The van der Waals surface area contributed by atoms with Crippen molar-refractivity contribution in [3.05, 3.63) is 42.1 Å². The van der Waals surface area contributed by atoms with Crippen LogP contribution in [0, 0.1) is 0 Å². The van der Waals surface area contributed by atoms with E-state index in [9.17, 15) is 9.59 Å². The Morgan fingerprint density at radius 3 is 2.76 bits per heavy atom. The van der Waals surface area contributed by atoms with Crippen molar-refractivity contribution in [3.8, 4) is 17.4 Å². The van der Waals surface area contributed by atoms with Gasteiger partial charge >= 0.3 is 6.09 Å². The number of hydrogen-bond donors (Lipinski definition) is 1. The van der Waals surface area contributed by atoms with Gasteiger partial charge in [0.15, 0.2) is 11.5 Å². The van der Waals surface area contributed by atoms with Crippen LogP contribution in [-0.4, -0.2) is 61.8 Å². The van der Waals surface area contributed by atoms with Crippen molar-refractivity contribution in [3.63, 3.8) is 0 Å². The fourth-order valence-electron chi connectivity index (χ4n) is 3.29. The number of benzene rings is 1. The number of nitrogens with one attached hydrogen (secondary N) is 1. The number of fused-ring (bicyclic) bond motifs is 1. The molecule has 2 aliphatic heterocycles. The molecule has 0 saturated carbocycles. The fraction of sp³-hybridized carbons (Fsp3) is 0.435. The van der Waals surface area contributed by atoms with Crippen LogP contribution in [0.1, 0.15) is 31.1 Å². The Bertz CT molecular complexity index is 1000. The molecular weight excluding hydrogens is 430 g/mol. The van der Waals surface area contributed by atoms with Crippen molar-refractivity contribution < 1.29 is 33.3 Å². The molecule has 176 valence electrons. The predicted molar refractivity (Wildman–Crippen MR) is 118 cm³/mol. The number of amides is 2. The Kier molecular flexibility index (Phi) is 6.55. The minimum atomic E-state index is -0.481. The van der Waals surface area contributed by atoms with E-state index in [1.54, 1.807) is 30.3 Å². The quantitative estimate of drug-likeness (QED) is 0.603. The molecule has 2 amide bonds. The van der Waals surface area contributed by atoms with Crippen LogP contribution in [0.25, 0.3) is 0 Å². The highest BCUT2D eigenvalue weighted by Gasteiger charge is 2.33. The van der Waals surface area contributed by atoms with Crippen molar-refractivity contribution >= 4 is 17.7 Å². The number of hydrogen-bond acceptors (Lipinski definition) is 8. The highest BCUT2D eigenvalue weighted by molar-refractivity contribution is 5.94. The molecule has 33 heavy (non-hydrogen) atoms. The lowest BCUT2D eigenvalue weighted by Crippen LogP contribution is -2.34. The zero-order chi connectivity index (χ0) is 23.4. The number of nitrogens with zero attached hydrogens (tertiary/aromatic N) is 2. The third-order valence-corrected chi connectivity index (χ3v) is 4.90. The van der Waals surface area contributed by atoms with Crippen LogP contribution in [0.2, 0.25) is 0 Å². The molecule has 2 aliphatic rings. The van der Waals surface area contributed by atoms with Crippen LogP contribution in [-0.2, 0) is 9.47 Å². The minimum absolute atomic E-state index is 0.158. The highest BCUT2D eigenvalue weighted by atomic mass is 16.7. The molecule has 1 unspecified atom stereocenters. The molecule has 4 rings (SSSR count). The standard InChI is InChI=1S/C23H27N3O7/c1-23(2,3)32-9-8-29-20-7-4-15(11-24-20)21(27)25-12-17-13-26(22(28)33-17)16-5-6-18-19(10-16)31-14-30-18/h4-7,10-11,17H,8-9,12-14H2,1-3H3,(H,25,27). The van der Waals surface area contributed by atoms with Crippen molar-refractivity contribution in [1.82, 2.24) is 10.3 Å². The summed E-state index contributed by atoms with van der Waals surface area (Å²) in [5.74, 6) is 1.31. The summed E-state index contributed by atoms with van der Waals surface area (Å²) in [4.78, 5) is 30.4. The number of carbonyl (C=O) groups excluding carboxylic acids is 2. The highest BCUT2D eigenvalue weighted by Crippen LogP contribution is 2.36. The minimum Gasteiger partial charge on any atom is -0.475 e. The second-order valence-corrected chi connectivity index (χ2v) is 8.56. The monoisotopic (exact) mass is 457 g/mol. The Hall–Kier alpha value is -3.53. The number of cyclic esters (lactones) is 1. The van der Waals surface area contributed by atoms with E-state index < -0.39 is 12.2 Å². The lowest BCUT2D eigenvalue weighted by atomic mass is 10.2.